The fraction of sp³-hybridized carbons (Fsp3) is 0.462. The highest BCUT2D eigenvalue weighted by Gasteiger charge is 2.25. The van der Waals surface area contributed by atoms with Crippen LogP contribution in [0.3, 0.4) is 0 Å². The van der Waals surface area contributed by atoms with Gasteiger partial charge in [0.15, 0.2) is 0 Å². The molecule has 1 fully saturated rings. The number of hydrogen-bond acceptors (Lipinski definition) is 3. The minimum absolute atomic E-state index is 0.153. The van der Waals surface area contributed by atoms with E-state index in [-0.39, 0.29) is 18.6 Å². The summed E-state index contributed by atoms with van der Waals surface area (Å²) in [6.07, 6.45) is 1.26. The van der Waals surface area contributed by atoms with E-state index in [4.69, 9.17) is 16.3 Å². The van der Waals surface area contributed by atoms with Gasteiger partial charge in [0.1, 0.15) is 6.10 Å². The first-order valence-corrected chi connectivity index (χ1v) is 6.37. The Hall–Kier alpha value is -1.10. The molecule has 0 aromatic heterocycles. The topological polar surface area (TPSA) is 58.6 Å². The second-order valence-electron chi connectivity index (χ2n) is 4.30. The number of carbonyl (C=O) groups is 1. The number of halogens is 1. The molecule has 0 radical (unpaired) electrons. The first-order chi connectivity index (χ1) is 8.70. The van der Waals surface area contributed by atoms with Crippen molar-refractivity contribution >= 4 is 17.5 Å². The quantitative estimate of drug-likeness (QED) is 0.874. The molecule has 98 valence electrons. The van der Waals surface area contributed by atoms with E-state index in [1.54, 1.807) is 24.3 Å². The Kier molecular flexibility index (Phi) is 4.58. The molecule has 1 amide bonds. The van der Waals surface area contributed by atoms with Crippen molar-refractivity contribution in [3.8, 4) is 0 Å². The number of nitrogens with one attached hydrogen (secondary N) is 1. The zero-order chi connectivity index (χ0) is 13.0. The fourth-order valence-electron chi connectivity index (χ4n) is 1.98. The number of ether oxygens (including phenoxy) is 1. The van der Waals surface area contributed by atoms with E-state index in [1.807, 2.05) is 0 Å². The largest absolute Gasteiger partial charge is 0.394 e. The number of aliphatic hydroxyl groups is 1. The summed E-state index contributed by atoms with van der Waals surface area (Å²) >= 11 is 5.80. The van der Waals surface area contributed by atoms with Crippen molar-refractivity contribution in [3.63, 3.8) is 0 Å². The predicted molar refractivity (Wildman–Crippen MR) is 68.4 cm³/mol. The molecular weight excluding hydrogens is 254 g/mol. The van der Waals surface area contributed by atoms with Gasteiger partial charge in [-0.25, -0.2) is 0 Å². The summed E-state index contributed by atoms with van der Waals surface area (Å²) in [6.45, 7) is 0.475. The van der Waals surface area contributed by atoms with Crippen molar-refractivity contribution in [1.82, 2.24) is 5.32 Å². The summed E-state index contributed by atoms with van der Waals surface area (Å²) in [5.74, 6) is -0.165. The van der Waals surface area contributed by atoms with Crippen LogP contribution in [0.1, 0.15) is 24.4 Å². The Morgan fingerprint density at radius 3 is 2.78 bits per heavy atom. The molecule has 1 saturated heterocycles. The lowest BCUT2D eigenvalue weighted by Crippen LogP contribution is -2.38. The highest BCUT2D eigenvalue weighted by molar-refractivity contribution is 6.30. The van der Waals surface area contributed by atoms with Gasteiger partial charge in [0.2, 0.25) is 5.91 Å². The van der Waals surface area contributed by atoms with Crippen LogP contribution >= 0.6 is 11.6 Å². The van der Waals surface area contributed by atoms with E-state index in [1.165, 1.54) is 0 Å². The van der Waals surface area contributed by atoms with Crippen LogP contribution in [0.2, 0.25) is 5.02 Å². The monoisotopic (exact) mass is 269 g/mol. The third-order valence-corrected chi connectivity index (χ3v) is 3.25. The molecule has 1 aromatic carbocycles. The van der Waals surface area contributed by atoms with Gasteiger partial charge in [0.25, 0.3) is 0 Å². The van der Waals surface area contributed by atoms with Gasteiger partial charge in [-0.15, -0.1) is 0 Å². The molecule has 2 unspecified atom stereocenters. The maximum absolute atomic E-state index is 11.9. The van der Waals surface area contributed by atoms with Crippen molar-refractivity contribution < 1.29 is 14.6 Å². The van der Waals surface area contributed by atoms with Gasteiger partial charge in [-0.1, -0.05) is 23.7 Å². The van der Waals surface area contributed by atoms with Crippen molar-refractivity contribution in [3.05, 3.63) is 34.9 Å². The van der Waals surface area contributed by atoms with Gasteiger partial charge >= 0.3 is 0 Å². The van der Waals surface area contributed by atoms with Crippen molar-refractivity contribution in [1.29, 1.82) is 0 Å². The molecule has 18 heavy (non-hydrogen) atoms. The molecule has 1 aliphatic rings. The number of carbonyl (C=O) groups excluding carboxylic acids is 1. The van der Waals surface area contributed by atoms with Gasteiger partial charge in [0, 0.05) is 11.6 Å². The molecular formula is C13H16ClNO3. The van der Waals surface area contributed by atoms with Crippen LogP contribution in [0, 0.1) is 0 Å². The molecule has 2 rings (SSSR count). The average molecular weight is 270 g/mol. The minimum Gasteiger partial charge on any atom is -0.394 e. The minimum atomic E-state index is -0.418. The smallest absolute Gasteiger partial charge is 0.249 e. The second kappa shape index (κ2) is 6.18. The van der Waals surface area contributed by atoms with Gasteiger partial charge < -0.3 is 15.2 Å². The summed E-state index contributed by atoms with van der Waals surface area (Å²) in [6, 6.07) is 6.63. The normalized spacial score (nSPS) is 20.7. The molecule has 1 aromatic rings. The molecule has 1 heterocycles. The van der Waals surface area contributed by atoms with Crippen LogP contribution in [-0.2, 0) is 9.53 Å². The van der Waals surface area contributed by atoms with Crippen molar-refractivity contribution in [2.75, 3.05) is 13.2 Å². The third-order valence-electron chi connectivity index (χ3n) is 2.99. The van der Waals surface area contributed by atoms with Gasteiger partial charge in [0.05, 0.1) is 12.6 Å². The van der Waals surface area contributed by atoms with E-state index < -0.39 is 6.04 Å². The maximum atomic E-state index is 11.9. The van der Waals surface area contributed by atoms with E-state index in [2.05, 4.69) is 5.32 Å². The Morgan fingerprint density at radius 1 is 1.50 bits per heavy atom. The summed E-state index contributed by atoms with van der Waals surface area (Å²) in [5.41, 5.74) is 0.827. The number of hydrogen-bond donors (Lipinski definition) is 2. The first kappa shape index (κ1) is 13.3. The zero-order valence-corrected chi connectivity index (χ0v) is 10.7. The molecule has 0 spiro atoms. The summed E-state index contributed by atoms with van der Waals surface area (Å²) in [5, 5.41) is 12.8. The van der Waals surface area contributed by atoms with Crippen LogP contribution in [-0.4, -0.2) is 30.3 Å². The van der Waals surface area contributed by atoms with Gasteiger partial charge in [-0.05, 0) is 30.5 Å². The number of benzene rings is 1. The lowest BCUT2D eigenvalue weighted by atomic mass is 10.1. The first-order valence-electron chi connectivity index (χ1n) is 5.99. The van der Waals surface area contributed by atoms with Crippen LogP contribution in [0.5, 0.6) is 0 Å². The number of aliphatic hydroxyl groups excluding tert-OH is 1. The lowest BCUT2D eigenvalue weighted by Gasteiger charge is -2.19. The van der Waals surface area contributed by atoms with Crippen LogP contribution in [0.25, 0.3) is 0 Å². The Labute approximate surface area is 111 Å². The summed E-state index contributed by atoms with van der Waals surface area (Å²) < 4.78 is 5.30. The van der Waals surface area contributed by atoms with E-state index in [0.29, 0.717) is 11.6 Å². The van der Waals surface area contributed by atoms with E-state index in [9.17, 15) is 9.90 Å². The molecule has 0 bridgehead atoms. The fourth-order valence-corrected chi connectivity index (χ4v) is 2.10. The standard InChI is InChI=1S/C13H16ClNO3/c14-10-5-3-9(4-6-10)11(8-16)15-13(17)12-2-1-7-18-12/h3-6,11-12,16H,1-2,7-8H2,(H,15,17). The molecule has 0 saturated carbocycles. The predicted octanol–water partition coefficient (Wildman–Crippen LogP) is 1.67. The molecule has 2 atom stereocenters. The maximum Gasteiger partial charge on any atom is 0.249 e. The van der Waals surface area contributed by atoms with E-state index >= 15 is 0 Å². The number of rotatable bonds is 4. The van der Waals surface area contributed by atoms with Crippen LogP contribution < -0.4 is 5.32 Å². The van der Waals surface area contributed by atoms with Crippen molar-refractivity contribution in [2.45, 2.75) is 25.0 Å². The lowest BCUT2D eigenvalue weighted by molar-refractivity contribution is -0.131. The molecule has 4 nitrogen and oxygen atoms in total. The summed E-state index contributed by atoms with van der Waals surface area (Å²) in [7, 11) is 0. The highest BCUT2D eigenvalue weighted by atomic mass is 35.5. The summed E-state index contributed by atoms with van der Waals surface area (Å²) in [4.78, 5) is 11.9. The van der Waals surface area contributed by atoms with Crippen LogP contribution in [0.15, 0.2) is 24.3 Å². The third kappa shape index (κ3) is 3.22. The molecule has 0 aliphatic carbocycles. The molecule has 1 aliphatic heterocycles. The zero-order valence-electron chi connectivity index (χ0n) is 9.93. The SMILES string of the molecule is O=C(NC(CO)c1ccc(Cl)cc1)C1CCCO1. The van der Waals surface area contributed by atoms with Gasteiger partial charge in [-0.3, -0.25) is 4.79 Å². The Bertz CT molecular complexity index is 401. The average Bonchev–Trinajstić information content (AvgIpc) is 2.91. The van der Waals surface area contributed by atoms with Crippen LogP contribution in [0.4, 0.5) is 0 Å². The van der Waals surface area contributed by atoms with E-state index in [0.717, 1.165) is 18.4 Å². The molecule has 5 heteroatoms. The second-order valence-corrected chi connectivity index (χ2v) is 4.73. The molecule has 2 N–H and O–H groups in total. The van der Waals surface area contributed by atoms with Gasteiger partial charge in [-0.2, -0.15) is 0 Å². The highest BCUT2D eigenvalue weighted by Crippen LogP contribution is 2.18. The van der Waals surface area contributed by atoms with Crippen molar-refractivity contribution in [2.24, 2.45) is 0 Å². The Balaban J connectivity index is 2.00. The Morgan fingerprint density at radius 2 is 2.22 bits per heavy atom. The number of amides is 1.